The monoisotopic (exact) mass is 346 g/mol. The van der Waals surface area contributed by atoms with E-state index in [-0.39, 0.29) is 0 Å². The molecule has 0 aliphatic rings. The predicted molar refractivity (Wildman–Crippen MR) is 101 cm³/mol. The van der Waals surface area contributed by atoms with Crippen LogP contribution in [0.2, 0.25) is 0 Å². The highest BCUT2D eigenvalue weighted by Gasteiger charge is 2.12. The fraction of sp³-hybridized carbons (Fsp3) is 0.0500. The van der Waals surface area contributed by atoms with Crippen molar-refractivity contribution in [3.63, 3.8) is 0 Å². The van der Waals surface area contributed by atoms with Gasteiger partial charge in [-0.15, -0.1) is 11.3 Å². The molecule has 0 spiro atoms. The maximum Gasteiger partial charge on any atom is 0.181 e. The number of fused-ring (bicyclic) bond motifs is 1. The summed E-state index contributed by atoms with van der Waals surface area (Å²) in [5.74, 6) is 7.64. The molecule has 2 N–H and O–H groups in total. The van der Waals surface area contributed by atoms with Crippen molar-refractivity contribution in [3.05, 3.63) is 65.5 Å². The van der Waals surface area contributed by atoms with Crippen molar-refractivity contribution >= 4 is 27.1 Å². The molecule has 25 heavy (non-hydrogen) atoms. The summed E-state index contributed by atoms with van der Waals surface area (Å²) in [7, 11) is 1.59. The Kier molecular flexibility index (Phi) is 3.88. The number of oxazole rings is 1. The maximum atomic E-state index is 6.15. The first-order valence-corrected chi connectivity index (χ1v) is 8.49. The Bertz CT molecular complexity index is 1100. The molecule has 2 aromatic heterocycles. The van der Waals surface area contributed by atoms with E-state index in [0.717, 1.165) is 22.1 Å². The number of rotatable bonds is 2. The summed E-state index contributed by atoms with van der Waals surface area (Å²) in [6.07, 6.45) is 3.02. The Labute approximate surface area is 148 Å². The van der Waals surface area contributed by atoms with E-state index < -0.39 is 0 Å². The first-order valence-electron chi connectivity index (χ1n) is 7.61. The van der Waals surface area contributed by atoms with Crippen LogP contribution in [-0.4, -0.2) is 12.1 Å². The average Bonchev–Trinajstić information content (AvgIpc) is 3.30. The lowest BCUT2D eigenvalue weighted by atomic mass is 10.1. The van der Waals surface area contributed by atoms with Crippen molar-refractivity contribution in [3.8, 4) is 28.9 Å². The second kappa shape index (κ2) is 6.34. The standard InChI is InChI=1S/C20H14N2O2S/c1-23-18-9-17(21)13(8-16(18)19-10-22-12-24-19)6-7-14-11-25-20-5-3-2-4-15(14)20/h2-5,8-12H,21H2,1H3. The van der Waals surface area contributed by atoms with E-state index in [1.54, 1.807) is 30.7 Å². The molecule has 4 aromatic rings. The topological polar surface area (TPSA) is 61.3 Å². The van der Waals surface area contributed by atoms with Gasteiger partial charge in [0.15, 0.2) is 12.2 Å². The Morgan fingerprint density at radius 2 is 2.00 bits per heavy atom. The highest BCUT2D eigenvalue weighted by molar-refractivity contribution is 7.17. The molecule has 0 unspecified atom stereocenters. The van der Waals surface area contributed by atoms with Gasteiger partial charge in [-0.25, -0.2) is 4.98 Å². The quantitative estimate of drug-likeness (QED) is 0.427. The lowest BCUT2D eigenvalue weighted by molar-refractivity contribution is 0.415. The van der Waals surface area contributed by atoms with Gasteiger partial charge in [-0.05, 0) is 12.1 Å². The summed E-state index contributed by atoms with van der Waals surface area (Å²) in [4.78, 5) is 3.96. The molecule has 0 aliphatic carbocycles. The largest absolute Gasteiger partial charge is 0.496 e. The van der Waals surface area contributed by atoms with E-state index in [2.05, 4.69) is 34.3 Å². The van der Waals surface area contributed by atoms with Gasteiger partial charge in [0.1, 0.15) is 5.75 Å². The smallest absolute Gasteiger partial charge is 0.181 e. The van der Waals surface area contributed by atoms with Gasteiger partial charge in [0.25, 0.3) is 0 Å². The SMILES string of the molecule is COc1cc(N)c(C#Cc2csc3ccccc23)cc1-c1cnco1. The molecule has 0 fully saturated rings. The van der Waals surface area contributed by atoms with Crippen molar-refractivity contribution < 1.29 is 9.15 Å². The number of benzene rings is 2. The van der Waals surface area contributed by atoms with Crippen molar-refractivity contribution in [2.75, 3.05) is 12.8 Å². The minimum absolute atomic E-state index is 0.562. The fourth-order valence-corrected chi connectivity index (χ4v) is 3.52. The number of thiophene rings is 1. The van der Waals surface area contributed by atoms with E-state index in [1.165, 1.54) is 11.1 Å². The van der Waals surface area contributed by atoms with Crippen LogP contribution in [0.3, 0.4) is 0 Å². The molecule has 5 heteroatoms. The molecule has 4 rings (SSSR count). The number of nitrogens with zero attached hydrogens (tertiary/aromatic N) is 1. The molecule has 0 atom stereocenters. The molecular weight excluding hydrogens is 332 g/mol. The maximum absolute atomic E-state index is 6.15. The third-order valence-electron chi connectivity index (χ3n) is 3.88. The first-order chi connectivity index (χ1) is 12.3. The zero-order valence-corrected chi connectivity index (χ0v) is 14.3. The highest BCUT2D eigenvalue weighted by atomic mass is 32.1. The number of methoxy groups -OCH3 is 1. The molecule has 2 heterocycles. The lowest BCUT2D eigenvalue weighted by Gasteiger charge is -2.08. The molecule has 0 bridgehead atoms. The van der Waals surface area contributed by atoms with E-state index in [4.69, 9.17) is 14.9 Å². The van der Waals surface area contributed by atoms with Crippen molar-refractivity contribution in [2.24, 2.45) is 0 Å². The van der Waals surface area contributed by atoms with Crippen LogP contribution in [0.4, 0.5) is 5.69 Å². The summed E-state index contributed by atoms with van der Waals surface area (Å²) in [5, 5.41) is 3.22. The summed E-state index contributed by atoms with van der Waals surface area (Å²) in [6.45, 7) is 0. The molecular formula is C20H14N2O2S. The van der Waals surface area contributed by atoms with Crippen LogP contribution < -0.4 is 10.5 Å². The van der Waals surface area contributed by atoms with Gasteiger partial charge in [-0.2, -0.15) is 0 Å². The van der Waals surface area contributed by atoms with Crippen LogP contribution in [-0.2, 0) is 0 Å². The van der Waals surface area contributed by atoms with Crippen LogP contribution in [0, 0.1) is 11.8 Å². The number of aromatic nitrogens is 1. The van der Waals surface area contributed by atoms with Crippen LogP contribution in [0.5, 0.6) is 5.75 Å². The van der Waals surface area contributed by atoms with Crippen LogP contribution in [0.15, 0.2) is 58.8 Å². The summed E-state index contributed by atoms with van der Waals surface area (Å²) in [5.41, 5.74) is 9.20. The molecule has 0 aliphatic heterocycles. The zero-order valence-electron chi connectivity index (χ0n) is 13.4. The van der Waals surface area contributed by atoms with E-state index in [9.17, 15) is 0 Å². The molecule has 0 saturated heterocycles. The average molecular weight is 346 g/mol. The van der Waals surface area contributed by atoms with E-state index >= 15 is 0 Å². The third-order valence-corrected chi connectivity index (χ3v) is 4.85. The predicted octanol–water partition coefficient (Wildman–Crippen LogP) is 4.55. The zero-order chi connectivity index (χ0) is 17.2. The number of anilines is 1. The fourth-order valence-electron chi connectivity index (χ4n) is 2.62. The van der Waals surface area contributed by atoms with Crippen LogP contribution in [0.25, 0.3) is 21.4 Å². The molecule has 122 valence electrons. The second-order valence-electron chi connectivity index (χ2n) is 5.40. The summed E-state index contributed by atoms with van der Waals surface area (Å²) < 4.78 is 12.0. The number of nitrogens with two attached hydrogens (primary N) is 1. The van der Waals surface area contributed by atoms with Crippen molar-refractivity contribution in [1.29, 1.82) is 0 Å². The summed E-state index contributed by atoms with van der Waals surface area (Å²) >= 11 is 1.68. The molecule has 0 saturated carbocycles. The second-order valence-corrected chi connectivity index (χ2v) is 6.31. The number of hydrogen-bond donors (Lipinski definition) is 1. The third kappa shape index (κ3) is 2.84. The Morgan fingerprint density at radius 1 is 1.16 bits per heavy atom. The number of hydrogen-bond acceptors (Lipinski definition) is 5. The highest BCUT2D eigenvalue weighted by Crippen LogP contribution is 2.33. The van der Waals surface area contributed by atoms with Gasteiger partial charge in [-0.3, -0.25) is 0 Å². The van der Waals surface area contributed by atoms with Gasteiger partial charge < -0.3 is 14.9 Å². The number of nitrogen functional groups attached to an aromatic ring is 1. The van der Waals surface area contributed by atoms with Gasteiger partial charge in [0, 0.05) is 32.7 Å². The Morgan fingerprint density at radius 3 is 2.80 bits per heavy atom. The minimum Gasteiger partial charge on any atom is -0.496 e. The van der Waals surface area contributed by atoms with Gasteiger partial charge in [0.2, 0.25) is 0 Å². The van der Waals surface area contributed by atoms with Crippen LogP contribution >= 0.6 is 11.3 Å². The van der Waals surface area contributed by atoms with Gasteiger partial charge in [0.05, 0.1) is 24.6 Å². The van der Waals surface area contributed by atoms with E-state index in [1.807, 2.05) is 18.2 Å². The molecule has 2 aromatic carbocycles. The Balaban J connectivity index is 1.80. The van der Waals surface area contributed by atoms with E-state index in [0.29, 0.717) is 17.2 Å². The summed E-state index contributed by atoms with van der Waals surface area (Å²) in [6, 6.07) is 11.8. The molecule has 0 amide bonds. The van der Waals surface area contributed by atoms with Crippen molar-refractivity contribution in [2.45, 2.75) is 0 Å². The molecule has 0 radical (unpaired) electrons. The van der Waals surface area contributed by atoms with Crippen LogP contribution in [0.1, 0.15) is 11.1 Å². The normalized spacial score (nSPS) is 10.4. The van der Waals surface area contributed by atoms with Gasteiger partial charge >= 0.3 is 0 Å². The number of ether oxygens (including phenoxy) is 1. The minimum atomic E-state index is 0.562. The first kappa shape index (κ1) is 15.3. The van der Waals surface area contributed by atoms with Crippen molar-refractivity contribution in [1.82, 2.24) is 4.98 Å². The lowest BCUT2D eigenvalue weighted by Crippen LogP contribution is -1.95. The van der Waals surface area contributed by atoms with Gasteiger partial charge in [-0.1, -0.05) is 30.0 Å². The Hall–Kier alpha value is -3.23. The molecule has 4 nitrogen and oxygen atoms in total.